The molecule has 0 aromatic heterocycles. The van der Waals surface area contributed by atoms with Gasteiger partial charge in [0.15, 0.2) is 0 Å². The van der Waals surface area contributed by atoms with Gasteiger partial charge in [-0.1, -0.05) is 18.6 Å². The Balaban J connectivity index is 1.45. The molecule has 1 heterocycles. The molecule has 2 amide bonds. The molecule has 43 heavy (non-hydrogen) atoms. The Kier molecular flexibility index (Phi) is 12.9. The molecule has 0 aliphatic carbocycles. The lowest BCUT2D eigenvalue weighted by Gasteiger charge is -2.26. The fraction of sp³-hybridized carbons (Fsp3) is 0.364. The van der Waals surface area contributed by atoms with Gasteiger partial charge in [0.2, 0.25) is 0 Å². The van der Waals surface area contributed by atoms with Crippen molar-refractivity contribution in [3.63, 3.8) is 0 Å². The maximum absolute atomic E-state index is 13.3. The van der Waals surface area contributed by atoms with E-state index in [0.717, 1.165) is 42.9 Å². The number of nitrogens with zero attached hydrogens (tertiary/aromatic N) is 2. The predicted octanol–water partition coefficient (Wildman–Crippen LogP) is 5.19. The summed E-state index contributed by atoms with van der Waals surface area (Å²) in [5.74, 6) is 1.77. The van der Waals surface area contributed by atoms with Crippen molar-refractivity contribution in [2.45, 2.75) is 31.4 Å². The summed E-state index contributed by atoms with van der Waals surface area (Å²) in [6, 6.07) is 19.7. The third kappa shape index (κ3) is 10.4. The lowest BCUT2D eigenvalue weighted by Crippen LogP contribution is -2.31. The Labute approximate surface area is 257 Å². The number of rotatable bonds is 15. The fourth-order valence-corrected chi connectivity index (χ4v) is 5.43. The van der Waals surface area contributed by atoms with Crippen LogP contribution in [0.15, 0.2) is 71.8 Å². The highest BCUT2D eigenvalue weighted by atomic mass is 32.2. The van der Waals surface area contributed by atoms with E-state index in [0.29, 0.717) is 35.1 Å². The fourth-order valence-electron chi connectivity index (χ4n) is 4.74. The number of amides is 2. The molecule has 0 saturated carbocycles. The number of hydrogen-bond donors (Lipinski definition) is 3. The maximum atomic E-state index is 13.3. The number of nitrogens with one attached hydrogen (secondary N) is 2. The van der Waals surface area contributed by atoms with E-state index in [1.165, 1.54) is 25.5 Å². The summed E-state index contributed by atoms with van der Waals surface area (Å²) in [5.41, 5.74) is 5.40. The Bertz CT molecular complexity index is 1360. The van der Waals surface area contributed by atoms with Crippen LogP contribution in [0.2, 0.25) is 0 Å². The topological polar surface area (TPSA) is 112 Å². The molecule has 3 aromatic rings. The van der Waals surface area contributed by atoms with E-state index in [1.54, 1.807) is 43.1 Å². The minimum atomic E-state index is -0.479. The summed E-state index contributed by atoms with van der Waals surface area (Å²) >= 11 is 1.59. The standard InChI is InChI=1S/C33H40N4O5S/c1-41-28-11-9-25(10-12-28)23-34-36-33(40)30-22-29(42-19-6-17-37-15-3-2-4-16-37)13-14-31(30)35-32(39)27-8-5-7-26(21-27)24-43-20-18-38/h5,7-14,21-23,38H,2-4,6,15-20,24H2,1H3,(H,35,39)(H,36,40)/b34-23+. The predicted molar refractivity (Wildman–Crippen MR) is 173 cm³/mol. The van der Waals surface area contributed by atoms with Gasteiger partial charge in [0.25, 0.3) is 11.8 Å². The number of aliphatic hydroxyl groups is 1. The molecule has 3 N–H and O–H groups in total. The number of aliphatic hydroxyl groups excluding tert-OH is 1. The van der Waals surface area contributed by atoms with Crippen LogP contribution in [0.25, 0.3) is 0 Å². The largest absolute Gasteiger partial charge is 0.497 e. The SMILES string of the molecule is COc1ccc(/C=N/NC(=O)c2cc(OCCCN3CCCCC3)ccc2NC(=O)c2cccc(CSCCO)c2)cc1. The van der Waals surface area contributed by atoms with Gasteiger partial charge in [-0.25, -0.2) is 5.43 Å². The van der Waals surface area contributed by atoms with Gasteiger partial charge in [-0.05, 0) is 98.1 Å². The number of carbonyl (C=O) groups is 2. The van der Waals surface area contributed by atoms with Crippen LogP contribution in [0.5, 0.6) is 11.5 Å². The van der Waals surface area contributed by atoms with Crippen molar-refractivity contribution in [3.05, 3.63) is 89.0 Å². The number of benzene rings is 3. The van der Waals surface area contributed by atoms with Crippen molar-refractivity contribution in [2.75, 3.05) is 51.0 Å². The average Bonchev–Trinajstić information content (AvgIpc) is 3.04. The van der Waals surface area contributed by atoms with Gasteiger partial charge in [-0.15, -0.1) is 0 Å². The van der Waals surface area contributed by atoms with E-state index in [4.69, 9.17) is 14.6 Å². The number of likely N-dealkylation sites (tertiary alicyclic amines) is 1. The zero-order chi connectivity index (χ0) is 30.3. The summed E-state index contributed by atoms with van der Waals surface area (Å²) in [6.45, 7) is 3.90. The van der Waals surface area contributed by atoms with E-state index in [1.807, 2.05) is 42.5 Å². The second kappa shape index (κ2) is 17.3. The second-order valence-electron chi connectivity index (χ2n) is 10.2. The molecular weight excluding hydrogens is 564 g/mol. The first kappa shape index (κ1) is 32.1. The van der Waals surface area contributed by atoms with E-state index < -0.39 is 5.91 Å². The number of hydrogen-bond acceptors (Lipinski definition) is 8. The highest BCUT2D eigenvalue weighted by Gasteiger charge is 2.17. The van der Waals surface area contributed by atoms with Crippen molar-refractivity contribution in [3.8, 4) is 11.5 Å². The van der Waals surface area contributed by atoms with Crippen LogP contribution in [0, 0.1) is 0 Å². The zero-order valence-electron chi connectivity index (χ0n) is 24.6. The van der Waals surface area contributed by atoms with E-state index in [2.05, 4.69) is 20.7 Å². The van der Waals surface area contributed by atoms with Gasteiger partial charge in [-0.3, -0.25) is 9.59 Å². The quantitative estimate of drug-likeness (QED) is 0.124. The lowest BCUT2D eigenvalue weighted by atomic mass is 10.1. The van der Waals surface area contributed by atoms with Crippen LogP contribution in [0.3, 0.4) is 0 Å². The molecular formula is C33H40N4O5S. The molecule has 9 nitrogen and oxygen atoms in total. The van der Waals surface area contributed by atoms with E-state index >= 15 is 0 Å². The van der Waals surface area contributed by atoms with Crippen molar-refractivity contribution in [1.29, 1.82) is 0 Å². The summed E-state index contributed by atoms with van der Waals surface area (Å²) in [5, 5.41) is 16.0. The van der Waals surface area contributed by atoms with Gasteiger partial charge < -0.3 is 24.8 Å². The number of anilines is 1. The number of ether oxygens (including phenoxy) is 2. The number of carbonyl (C=O) groups excluding carboxylic acids is 2. The molecule has 0 unspecified atom stereocenters. The van der Waals surface area contributed by atoms with Crippen LogP contribution >= 0.6 is 11.8 Å². The summed E-state index contributed by atoms with van der Waals surface area (Å²) < 4.78 is 11.2. The van der Waals surface area contributed by atoms with Gasteiger partial charge in [0.1, 0.15) is 11.5 Å². The van der Waals surface area contributed by atoms with E-state index in [-0.39, 0.29) is 18.1 Å². The Morgan fingerprint density at radius 2 is 1.79 bits per heavy atom. The smallest absolute Gasteiger partial charge is 0.273 e. The minimum Gasteiger partial charge on any atom is -0.497 e. The molecule has 10 heteroatoms. The molecule has 4 rings (SSSR count). The third-order valence-corrected chi connectivity index (χ3v) is 8.02. The summed E-state index contributed by atoms with van der Waals surface area (Å²) in [7, 11) is 1.60. The molecule has 1 aliphatic heterocycles. The third-order valence-electron chi connectivity index (χ3n) is 7.01. The monoisotopic (exact) mass is 604 g/mol. The van der Waals surface area contributed by atoms with Crippen LogP contribution in [0.1, 0.15) is 57.5 Å². The number of thioether (sulfide) groups is 1. The van der Waals surface area contributed by atoms with Gasteiger partial charge in [0, 0.05) is 23.6 Å². The average molecular weight is 605 g/mol. The Morgan fingerprint density at radius 3 is 2.56 bits per heavy atom. The molecule has 228 valence electrons. The molecule has 0 atom stereocenters. The van der Waals surface area contributed by atoms with Crippen LogP contribution in [0.4, 0.5) is 5.69 Å². The van der Waals surface area contributed by atoms with Crippen molar-refractivity contribution in [2.24, 2.45) is 5.10 Å². The van der Waals surface area contributed by atoms with Crippen LogP contribution < -0.4 is 20.2 Å². The van der Waals surface area contributed by atoms with Crippen LogP contribution in [-0.2, 0) is 5.75 Å². The molecule has 3 aromatic carbocycles. The van der Waals surface area contributed by atoms with Gasteiger partial charge >= 0.3 is 0 Å². The van der Waals surface area contributed by atoms with Crippen molar-refractivity contribution < 1.29 is 24.2 Å². The van der Waals surface area contributed by atoms with Crippen LogP contribution in [-0.4, -0.2) is 73.7 Å². The number of methoxy groups -OCH3 is 1. The number of hydrazone groups is 1. The normalized spacial score (nSPS) is 13.5. The summed E-state index contributed by atoms with van der Waals surface area (Å²) in [4.78, 5) is 28.9. The zero-order valence-corrected chi connectivity index (χ0v) is 25.4. The molecule has 0 spiro atoms. The van der Waals surface area contributed by atoms with E-state index in [9.17, 15) is 9.59 Å². The van der Waals surface area contributed by atoms with Crippen molar-refractivity contribution in [1.82, 2.24) is 10.3 Å². The Morgan fingerprint density at radius 1 is 1.00 bits per heavy atom. The maximum Gasteiger partial charge on any atom is 0.273 e. The molecule has 0 bridgehead atoms. The Hall–Kier alpha value is -3.86. The highest BCUT2D eigenvalue weighted by molar-refractivity contribution is 7.98. The first-order chi connectivity index (χ1) is 21.1. The first-order valence-electron chi connectivity index (χ1n) is 14.6. The second-order valence-corrected chi connectivity index (χ2v) is 11.3. The highest BCUT2D eigenvalue weighted by Crippen LogP contribution is 2.24. The molecule has 1 saturated heterocycles. The first-order valence-corrected chi connectivity index (χ1v) is 15.8. The lowest BCUT2D eigenvalue weighted by molar-refractivity contribution is 0.0955. The molecule has 1 fully saturated rings. The summed E-state index contributed by atoms with van der Waals surface area (Å²) in [6.07, 6.45) is 6.23. The van der Waals surface area contributed by atoms with Crippen molar-refractivity contribution >= 4 is 35.5 Å². The molecule has 1 aliphatic rings. The van der Waals surface area contributed by atoms with Gasteiger partial charge in [0.05, 0.1) is 37.8 Å². The number of piperidine rings is 1. The molecule has 0 radical (unpaired) electrons. The minimum absolute atomic E-state index is 0.109. The van der Waals surface area contributed by atoms with Gasteiger partial charge in [-0.2, -0.15) is 16.9 Å².